The fourth-order valence-electron chi connectivity index (χ4n) is 9.11. The van der Waals surface area contributed by atoms with Gasteiger partial charge in [-0.2, -0.15) is 0 Å². The minimum absolute atomic E-state index is 0.0251. The molecular weight excluding hydrogens is 827 g/mol. The van der Waals surface area contributed by atoms with Gasteiger partial charge in [0, 0.05) is 24.6 Å². The highest BCUT2D eigenvalue weighted by Gasteiger charge is 2.48. The topological polar surface area (TPSA) is 183 Å². The molecule has 0 aromatic heterocycles. The minimum atomic E-state index is -1.13. The van der Waals surface area contributed by atoms with Gasteiger partial charge in [0.25, 0.3) is 0 Å². The van der Waals surface area contributed by atoms with Crippen molar-refractivity contribution in [1.82, 2.24) is 5.32 Å². The molecule has 1 saturated heterocycles. The number of hydrogen-bond donors (Lipinski definition) is 5. The third-order valence-corrected chi connectivity index (χ3v) is 12.9. The Balaban J connectivity index is 0.947. The Bertz CT molecular complexity index is 2130. The van der Waals surface area contributed by atoms with Gasteiger partial charge < -0.3 is 40.1 Å². The maximum atomic E-state index is 13.7. The molecule has 11 unspecified atom stereocenters. The maximum Gasteiger partial charge on any atom is 0.312 e. The van der Waals surface area contributed by atoms with Crippen molar-refractivity contribution < 1.29 is 57.9 Å². The number of nitrogens with one attached hydrogen (secondary N) is 1. The first-order chi connectivity index (χ1) is 30.6. The van der Waals surface area contributed by atoms with E-state index < -0.39 is 66.0 Å². The molecule has 5 N–H and O–H groups in total. The lowest BCUT2D eigenvalue weighted by atomic mass is 9.66. The summed E-state index contributed by atoms with van der Waals surface area (Å²) < 4.78 is 38.6. The number of anilines is 1. The van der Waals surface area contributed by atoms with Crippen LogP contribution < -0.4 is 15.0 Å². The number of halogens is 2. The Morgan fingerprint density at radius 3 is 2.25 bits per heavy atom. The van der Waals surface area contributed by atoms with E-state index in [-0.39, 0.29) is 73.5 Å². The second-order valence-corrected chi connectivity index (χ2v) is 17.5. The second kappa shape index (κ2) is 22.1. The van der Waals surface area contributed by atoms with Crippen LogP contribution in [0.1, 0.15) is 102 Å². The quantitative estimate of drug-likeness (QED) is 0.0452. The van der Waals surface area contributed by atoms with Crippen molar-refractivity contribution in [3.8, 4) is 5.75 Å². The van der Waals surface area contributed by atoms with Gasteiger partial charge >= 0.3 is 11.9 Å². The van der Waals surface area contributed by atoms with Gasteiger partial charge in [0.05, 0.1) is 55.1 Å². The van der Waals surface area contributed by atoms with Crippen LogP contribution in [0.15, 0.2) is 96.6 Å². The van der Waals surface area contributed by atoms with Crippen molar-refractivity contribution in [2.24, 2.45) is 29.6 Å². The number of rotatable bonds is 20. The van der Waals surface area contributed by atoms with E-state index in [0.29, 0.717) is 43.4 Å². The van der Waals surface area contributed by atoms with Gasteiger partial charge in [-0.25, -0.2) is 8.78 Å². The number of β-lactam (4-membered cyclic amide) rings is 1. The SMILES string of the molecule is CCC(C)C(=O)OC1CC(O)C=C2C=CC(C)C(CCC(O)CC(O)CC(=O)NCCC(=O)Oc3ccc(C4C(CCC(O)c5ccc(F)cc5)C(=O)N4c4ccc(F)cc4)cc3)C21. The van der Waals surface area contributed by atoms with Crippen LogP contribution in [-0.4, -0.2) is 75.1 Å². The van der Waals surface area contributed by atoms with Crippen molar-refractivity contribution in [3.05, 3.63) is 119 Å². The smallest absolute Gasteiger partial charge is 0.312 e. The van der Waals surface area contributed by atoms with Crippen molar-refractivity contribution in [1.29, 1.82) is 0 Å². The number of aliphatic hydroxyl groups excluding tert-OH is 4. The van der Waals surface area contributed by atoms with Crippen LogP contribution in [0, 0.1) is 41.2 Å². The van der Waals surface area contributed by atoms with Crippen LogP contribution in [0.3, 0.4) is 0 Å². The first-order valence-electron chi connectivity index (χ1n) is 22.4. The number of amides is 2. The number of allylic oxidation sites excluding steroid dienone is 2. The Morgan fingerprint density at radius 2 is 1.58 bits per heavy atom. The molecule has 1 heterocycles. The summed E-state index contributed by atoms with van der Waals surface area (Å²) in [7, 11) is 0. The summed E-state index contributed by atoms with van der Waals surface area (Å²) in [4.78, 5) is 53.1. The van der Waals surface area contributed by atoms with Crippen LogP contribution >= 0.6 is 0 Å². The van der Waals surface area contributed by atoms with Gasteiger partial charge in [-0.1, -0.05) is 63.3 Å². The summed E-state index contributed by atoms with van der Waals surface area (Å²) in [6.07, 6.45) is 3.67. The average Bonchev–Trinajstić information content (AvgIpc) is 3.26. The van der Waals surface area contributed by atoms with Crippen LogP contribution in [-0.2, 0) is 23.9 Å². The van der Waals surface area contributed by atoms with E-state index >= 15 is 0 Å². The fourth-order valence-corrected chi connectivity index (χ4v) is 9.11. The van der Waals surface area contributed by atoms with Crippen LogP contribution in [0.4, 0.5) is 14.5 Å². The number of nitrogens with zero attached hydrogens (tertiary/aromatic N) is 1. The van der Waals surface area contributed by atoms with Crippen molar-refractivity contribution >= 4 is 29.4 Å². The third kappa shape index (κ3) is 12.3. The van der Waals surface area contributed by atoms with Crippen LogP contribution in [0.2, 0.25) is 0 Å². The average molecular weight is 887 g/mol. The van der Waals surface area contributed by atoms with Gasteiger partial charge in [-0.05, 0) is 116 Å². The molecule has 2 amide bonds. The molecular formula is C50H60F2N2O10. The molecule has 344 valence electrons. The summed E-state index contributed by atoms with van der Waals surface area (Å²) in [6.45, 7) is 5.76. The van der Waals surface area contributed by atoms with E-state index in [1.807, 2.05) is 19.9 Å². The zero-order valence-corrected chi connectivity index (χ0v) is 36.5. The zero-order chi connectivity index (χ0) is 46.1. The molecule has 2 aliphatic carbocycles. The third-order valence-electron chi connectivity index (χ3n) is 12.9. The summed E-state index contributed by atoms with van der Waals surface area (Å²) in [5.74, 6) is -2.98. The monoisotopic (exact) mass is 886 g/mol. The van der Waals surface area contributed by atoms with Crippen LogP contribution in [0.5, 0.6) is 5.75 Å². The Morgan fingerprint density at radius 1 is 0.906 bits per heavy atom. The van der Waals surface area contributed by atoms with E-state index in [4.69, 9.17) is 9.47 Å². The summed E-state index contributed by atoms with van der Waals surface area (Å²) in [6, 6.07) is 17.3. The summed E-state index contributed by atoms with van der Waals surface area (Å²) in [5, 5.41) is 45.4. The largest absolute Gasteiger partial charge is 0.461 e. The maximum absolute atomic E-state index is 13.7. The number of ether oxygens (including phenoxy) is 2. The molecule has 14 heteroatoms. The van der Waals surface area contributed by atoms with Gasteiger partial charge in [-0.15, -0.1) is 0 Å². The fraction of sp³-hybridized carbons (Fsp3) is 0.480. The Labute approximate surface area is 373 Å². The molecule has 1 aliphatic heterocycles. The number of carbonyl (C=O) groups excluding carboxylic acids is 4. The normalized spacial score (nSPS) is 24.6. The number of esters is 2. The highest BCUT2D eigenvalue weighted by Crippen LogP contribution is 2.47. The van der Waals surface area contributed by atoms with Crippen molar-refractivity contribution in [2.45, 2.75) is 115 Å². The molecule has 0 saturated carbocycles. The molecule has 3 aliphatic rings. The van der Waals surface area contributed by atoms with Crippen LogP contribution in [0.25, 0.3) is 0 Å². The van der Waals surface area contributed by atoms with E-state index in [0.717, 1.165) is 11.1 Å². The molecule has 3 aromatic rings. The number of hydrogen-bond acceptors (Lipinski definition) is 10. The number of fused-ring (bicyclic) bond motifs is 1. The molecule has 0 bridgehead atoms. The van der Waals surface area contributed by atoms with Gasteiger partial charge in [0.1, 0.15) is 23.5 Å². The highest BCUT2D eigenvalue weighted by molar-refractivity contribution is 6.03. The lowest BCUT2D eigenvalue weighted by Crippen LogP contribution is -2.55. The van der Waals surface area contributed by atoms with E-state index in [9.17, 15) is 48.4 Å². The standard InChI is InChI=1S/C50H60F2N2O10/c1-4-29(2)50(62)64-44-27-38(56)25-33-6-5-30(3)41(47(33)44)20-17-37(55)26-39(57)28-45(59)53-24-23-46(60)63-40-18-9-32(10-19-40)48-42(21-22-43(58)31-7-11-34(51)12-8-31)49(61)54(48)36-15-13-35(52)14-16-36/h5-16,18-19,25,29-30,37-39,41-44,47-48,55-58H,4,17,20-24,26-28H2,1-3H3,(H,53,59). The lowest BCUT2D eigenvalue weighted by molar-refractivity contribution is -0.159. The van der Waals surface area contributed by atoms with E-state index in [1.165, 1.54) is 48.5 Å². The minimum Gasteiger partial charge on any atom is -0.461 e. The number of benzene rings is 3. The van der Waals surface area contributed by atoms with Gasteiger partial charge in [0.2, 0.25) is 11.8 Å². The van der Waals surface area contributed by atoms with Gasteiger partial charge in [-0.3, -0.25) is 19.2 Å². The number of carbonyl (C=O) groups is 4. The Kier molecular flexibility index (Phi) is 16.6. The molecule has 6 rings (SSSR count). The van der Waals surface area contributed by atoms with Crippen molar-refractivity contribution in [3.63, 3.8) is 0 Å². The van der Waals surface area contributed by atoms with Crippen molar-refractivity contribution in [2.75, 3.05) is 11.4 Å². The molecule has 0 spiro atoms. The molecule has 0 radical (unpaired) electrons. The van der Waals surface area contributed by atoms with E-state index in [2.05, 4.69) is 18.3 Å². The molecule has 3 aromatic carbocycles. The second-order valence-electron chi connectivity index (χ2n) is 17.5. The molecule has 64 heavy (non-hydrogen) atoms. The summed E-state index contributed by atoms with van der Waals surface area (Å²) in [5.41, 5.74) is 2.68. The summed E-state index contributed by atoms with van der Waals surface area (Å²) >= 11 is 0. The Hall–Kier alpha value is -5.28. The predicted octanol–water partition coefficient (Wildman–Crippen LogP) is 6.96. The number of aliphatic hydroxyl groups is 4. The highest BCUT2D eigenvalue weighted by atomic mass is 19.1. The molecule has 11 atom stereocenters. The zero-order valence-electron chi connectivity index (χ0n) is 36.5. The first-order valence-corrected chi connectivity index (χ1v) is 22.4. The lowest BCUT2D eigenvalue weighted by Gasteiger charge is -2.48. The molecule has 1 fully saturated rings. The molecule has 12 nitrogen and oxygen atoms in total. The van der Waals surface area contributed by atoms with E-state index in [1.54, 1.807) is 35.2 Å². The van der Waals surface area contributed by atoms with Gasteiger partial charge in [0.15, 0.2) is 0 Å². The first kappa shape index (κ1) is 48.2. The predicted molar refractivity (Wildman–Crippen MR) is 234 cm³/mol.